The van der Waals surface area contributed by atoms with Crippen molar-refractivity contribution in [1.82, 2.24) is 0 Å². The van der Waals surface area contributed by atoms with Crippen LogP contribution in [0.2, 0.25) is 0 Å². The van der Waals surface area contributed by atoms with E-state index in [2.05, 4.69) is 4.99 Å². The molecule has 0 aromatic heterocycles. The summed E-state index contributed by atoms with van der Waals surface area (Å²) in [5.74, 6) is -0.185. The van der Waals surface area contributed by atoms with Crippen molar-refractivity contribution in [2.75, 3.05) is 5.01 Å². The van der Waals surface area contributed by atoms with Crippen LogP contribution in [0.3, 0.4) is 0 Å². The van der Waals surface area contributed by atoms with Crippen molar-refractivity contribution in [3.05, 3.63) is 80.5 Å². The van der Waals surface area contributed by atoms with E-state index in [-0.39, 0.29) is 11.9 Å². The lowest BCUT2D eigenvalue weighted by Gasteiger charge is -2.17. The van der Waals surface area contributed by atoms with Gasteiger partial charge in [-0.1, -0.05) is 18.2 Å². The van der Waals surface area contributed by atoms with Crippen LogP contribution in [0.1, 0.15) is 19.4 Å². The van der Waals surface area contributed by atoms with E-state index in [1.54, 1.807) is 5.01 Å². The molecule has 1 heterocycles. The number of rotatable bonds is 4. The summed E-state index contributed by atoms with van der Waals surface area (Å²) in [4.78, 5) is 27.9. The summed E-state index contributed by atoms with van der Waals surface area (Å²) in [6.07, 6.45) is 1.37. The number of aliphatic imine (C=N–C) groups is 1. The maximum absolute atomic E-state index is 12.7. The van der Waals surface area contributed by atoms with Crippen molar-refractivity contribution in [2.45, 2.75) is 19.9 Å². The molecule has 1 aliphatic heterocycles. The SMILES string of the molecule is CC1=C(/N=C/c2ccc(O)c([N+](=O)[O-])c2)[N+](=O)N(c2ccccc2)C1C. The first-order valence-corrected chi connectivity index (χ1v) is 7.94. The lowest BCUT2D eigenvalue weighted by Crippen LogP contribution is -2.34. The van der Waals surface area contributed by atoms with E-state index >= 15 is 0 Å². The minimum atomic E-state index is -0.675. The van der Waals surface area contributed by atoms with Crippen molar-refractivity contribution in [1.29, 1.82) is 0 Å². The van der Waals surface area contributed by atoms with Crippen molar-refractivity contribution >= 4 is 17.6 Å². The molecular formula is C18H17N4O4+. The molecule has 3 rings (SSSR count). The van der Waals surface area contributed by atoms with Crippen molar-refractivity contribution < 1.29 is 14.9 Å². The zero-order valence-corrected chi connectivity index (χ0v) is 14.2. The van der Waals surface area contributed by atoms with E-state index in [0.717, 1.165) is 16.1 Å². The molecule has 2 aromatic rings. The first kappa shape index (κ1) is 17.3. The van der Waals surface area contributed by atoms with Crippen LogP contribution in [0.15, 0.2) is 64.9 Å². The Morgan fingerprint density at radius 3 is 2.62 bits per heavy atom. The second-order valence-electron chi connectivity index (χ2n) is 5.90. The van der Waals surface area contributed by atoms with Crippen LogP contribution in [0, 0.1) is 15.0 Å². The molecule has 0 saturated heterocycles. The highest BCUT2D eigenvalue weighted by Gasteiger charge is 2.41. The number of nitro groups is 1. The molecule has 1 N–H and O–H groups in total. The molecular weight excluding hydrogens is 336 g/mol. The van der Waals surface area contributed by atoms with Gasteiger partial charge in [-0.05, 0) is 48.0 Å². The molecule has 1 aliphatic rings. The Kier molecular flexibility index (Phi) is 4.49. The normalized spacial score (nSPS) is 17.4. The van der Waals surface area contributed by atoms with E-state index in [0.29, 0.717) is 5.56 Å². The van der Waals surface area contributed by atoms with Gasteiger partial charge in [-0.15, -0.1) is 0 Å². The average molecular weight is 353 g/mol. The highest BCUT2D eigenvalue weighted by molar-refractivity contribution is 5.82. The predicted octanol–water partition coefficient (Wildman–Crippen LogP) is 3.55. The van der Waals surface area contributed by atoms with Gasteiger partial charge in [0.1, 0.15) is 12.3 Å². The van der Waals surface area contributed by atoms with Gasteiger partial charge in [-0.25, -0.2) is 0 Å². The van der Waals surface area contributed by atoms with Crippen LogP contribution in [0.25, 0.3) is 0 Å². The van der Waals surface area contributed by atoms with Crippen molar-refractivity contribution in [3.63, 3.8) is 0 Å². The lowest BCUT2D eigenvalue weighted by molar-refractivity contribution is -0.507. The van der Waals surface area contributed by atoms with Crippen molar-refractivity contribution in [3.8, 4) is 5.75 Å². The Morgan fingerprint density at radius 2 is 1.96 bits per heavy atom. The number of aromatic hydroxyl groups is 1. The fourth-order valence-corrected chi connectivity index (χ4v) is 2.74. The molecule has 0 saturated carbocycles. The Bertz CT molecular complexity index is 937. The monoisotopic (exact) mass is 353 g/mol. The smallest absolute Gasteiger partial charge is 0.390 e. The summed E-state index contributed by atoms with van der Waals surface area (Å²) in [6, 6.07) is 13.0. The fourth-order valence-electron chi connectivity index (χ4n) is 2.74. The first-order valence-electron chi connectivity index (χ1n) is 7.94. The number of nitro benzene ring substituents is 1. The Morgan fingerprint density at radius 1 is 1.27 bits per heavy atom. The largest absolute Gasteiger partial charge is 0.502 e. The lowest BCUT2D eigenvalue weighted by atomic mass is 10.1. The molecule has 8 nitrogen and oxygen atoms in total. The summed E-state index contributed by atoms with van der Waals surface area (Å²) < 4.78 is 0. The topological polar surface area (TPSA) is 99.0 Å². The highest BCUT2D eigenvalue weighted by Crippen LogP contribution is 2.31. The van der Waals surface area contributed by atoms with Crippen LogP contribution < -0.4 is 5.01 Å². The van der Waals surface area contributed by atoms with Gasteiger partial charge in [0.05, 0.1) is 21.1 Å². The summed E-state index contributed by atoms with van der Waals surface area (Å²) >= 11 is 0. The van der Waals surface area contributed by atoms with Crippen molar-refractivity contribution in [2.24, 2.45) is 4.99 Å². The van der Waals surface area contributed by atoms with Crippen LogP contribution in [-0.2, 0) is 0 Å². The Balaban J connectivity index is 1.90. The number of hydrogen-bond acceptors (Lipinski definition) is 5. The molecule has 0 amide bonds. The number of hydrazine groups is 1. The predicted molar refractivity (Wildman–Crippen MR) is 97.1 cm³/mol. The average Bonchev–Trinajstić information content (AvgIpc) is 2.84. The van der Waals surface area contributed by atoms with E-state index in [9.17, 15) is 20.1 Å². The van der Waals surface area contributed by atoms with Gasteiger partial charge in [-0.3, -0.25) is 10.1 Å². The minimum Gasteiger partial charge on any atom is -0.502 e. The maximum Gasteiger partial charge on any atom is 0.390 e. The van der Waals surface area contributed by atoms with Crippen LogP contribution in [0.5, 0.6) is 5.75 Å². The highest BCUT2D eigenvalue weighted by atomic mass is 16.6. The summed E-state index contributed by atoms with van der Waals surface area (Å²) in [5, 5.41) is 22.0. The molecule has 26 heavy (non-hydrogen) atoms. The number of anilines is 1. The Labute approximate surface area is 149 Å². The van der Waals surface area contributed by atoms with Gasteiger partial charge in [-0.2, -0.15) is 5.01 Å². The molecule has 1 atom stereocenters. The maximum atomic E-state index is 12.7. The quantitative estimate of drug-likeness (QED) is 0.392. The number of nitroso groups, excluding NO2 is 1. The Hall–Kier alpha value is -3.55. The third-order valence-electron chi connectivity index (χ3n) is 4.28. The van der Waals surface area contributed by atoms with Gasteiger partial charge in [0.2, 0.25) is 0 Å². The van der Waals surface area contributed by atoms with Gasteiger partial charge in [0.25, 0.3) is 0 Å². The molecule has 2 aromatic carbocycles. The minimum absolute atomic E-state index is 0.170. The van der Waals surface area contributed by atoms with E-state index in [1.807, 2.05) is 44.2 Å². The van der Waals surface area contributed by atoms with Crippen LogP contribution in [0.4, 0.5) is 11.4 Å². The fraction of sp³-hybridized carbons (Fsp3) is 0.167. The summed E-state index contributed by atoms with van der Waals surface area (Å²) in [6.45, 7) is 3.73. The van der Waals surface area contributed by atoms with Crippen LogP contribution in [-0.4, -0.2) is 27.2 Å². The zero-order chi connectivity index (χ0) is 18.8. The molecule has 0 fully saturated rings. The molecule has 0 aliphatic carbocycles. The second kappa shape index (κ2) is 6.75. The summed E-state index contributed by atoms with van der Waals surface area (Å²) in [7, 11) is 0. The summed E-state index contributed by atoms with van der Waals surface area (Å²) in [5.41, 5.74) is 1.53. The number of hydrogen-bond donors (Lipinski definition) is 1. The number of phenols is 1. The standard InChI is InChI=1S/C18H16N4O4/c1-12-13(2)20(15-6-4-3-5-7-15)21(24)18(12)19-11-14-8-9-17(23)16(10-14)22(25)26/h3-11,13H,1-2H3/p+1. The molecule has 132 valence electrons. The van der Waals surface area contributed by atoms with E-state index in [4.69, 9.17) is 0 Å². The molecule has 0 radical (unpaired) electrons. The molecule has 0 bridgehead atoms. The molecule has 8 heteroatoms. The van der Waals surface area contributed by atoms with Gasteiger partial charge in [0, 0.05) is 11.6 Å². The third-order valence-corrected chi connectivity index (χ3v) is 4.28. The second-order valence-corrected chi connectivity index (χ2v) is 5.90. The molecule has 1 unspecified atom stereocenters. The number of benzene rings is 2. The van der Waals surface area contributed by atoms with Gasteiger partial charge >= 0.3 is 11.5 Å². The van der Waals surface area contributed by atoms with E-state index < -0.39 is 16.4 Å². The number of para-hydroxylation sites is 1. The van der Waals surface area contributed by atoms with E-state index in [1.165, 1.54) is 24.4 Å². The van der Waals surface area contributed by atoms with Crippen LogP contribution >= 0.6 is 0 Å². The number of phenolic OH excluding ortho intramolecular Hbond substituents is 1. The third kappa shape index (κ3) is 3.04. The zero-order valence-electron chi connectivity index (χ0n) is 14.2. The first-order chi connectivity index (χ1) is 12.4. The van der Waals surface area contributed by atoms with Gasteiger partial charge < -0.3 is 5.11 Å². The van der Waals surface area contributed by atoms with Gasteiger partial charge in [0.15, 0.2) is 5.75 Å². The number of nitrogens with zero attached hydrogens (tertiary/aromatic N) is 4. The molecule has 0 spiro atoms.